The van der Waals surface area contributed by atoms with E-state index in [0.717, 1.165) is 37.2 Å². The van der Waals surface area contributed by atoms with Crippen LogP contribution in [0.5, 0.6) is 0 Å². The molecule has 0 spiro atoms. The Labute approximate surface area is 211 Å². The van der Waals surface area contributed by atoms with Gasteiger partial charge < -0.3 is 20.4 Å². The Bertz CT molecular complexity index is 1110. The van der Waals surface area contributed by atoms with E-state index >= 15 is 0 Å². The van der Waals surface area contributed by atoms with Crippen molar-refractivity contribution in [2.24, 2.45) is 5.92 Å². The van der Waals surface area contributed by atoms with Crippen LogP contribution in [0.25, 0.3) is 0 Å². The van der Waals surface area contributed by atoms with Crippen LogP contribution in [0.15, 0.2) is 42.5 Å². The third-order valence-corrected chi connectivity index (χ3v) is 6.71. The molecule has 0 aromatic heterocycles. The minimum Gasteiger partial charge on any atom is -0.367 e. The lowest BCUT2D eigenvalue weighted by atomic mass is 9.99. The maximum atomic E-state index is 14.0. The first-order chi connectivity index (χ1) is 17.3. The van der Waals surface area contributed by atoms with Gasteiger partial charge in [-0.25, -0.2) is 4.39 Å². The van der Waals surface area contributed by atoms with Gasteiger partial charge in [0.1, 0.15) is 5.82 Å². The molecule has 192 valence electrons. The Hall–Kier alpha value is -3.46. The molecule has 2 aromatic rings. The number of benzene rings is 2. The van der Waals surface area contributed by atoms with Crippen molar-refractivity contribution >= 4 is 34.8 Å². The highest BCUT2D eigenvalue weighted by Crippen LogP contribution is 2.31. The lowest BCUT2D eigenvalue weighted by molar-refractivity contribution is -0.136. The van der Waals surface area contributed by atoms with Crippen LogP contribution >= 0.6 is 0 Å². The molecule has 0 atom stereocenters. The molecule has 1 saturated heterocycles. The van der Waals surface area contributed by atoms with Crippen molar-refractivity contribution in [2.75, 3.05) is 60.9 Å². The largest absolute Gasteiger partial charge is 0.367 e. The average Bonchev–Trinajstić information content (AvgIpc) is 2.88. The van der Waals surface area contributed by atoms with Crippen molar-refractivity contribution in [1.29, 1.82) is 0 Å². The third kappa shape index (κ3) is 6.02. The molecule has 2 aliphatic heterocycles. The third-order valence-electron chi connectivity index (χ3n) is 6.71. The van der Waals surface area contributed by atoms with E-state index in [4.69, 9.17) is 0 Å². The number of halogens is 1. The maximum Gasteiger partial charge on any atom is 0.313 e. The average molecular weight is 496 g/mol. The lowest BCUT2D eigenvalue weighted by Gasteiger charge is -2.36. The fourth-order valence-electron chi connectivity index (χ4n) is 4.71. The van der Waals surface area contributed by atoms with Gasteiger partial charge in [0, 0.05) is 63.1 Å². The van der Waals surface area contributed by atoms with Crippen molar-refractivity contribution in [3.63, 3.8) is 0 Å². The van der Waals surface area contributed by atoms with Crippen LogP contribution in [0, 0.1) is 11.7 Å². The van der Waals surface area contributed by atoms with Crippen LogP contribution in [0.1, 0.15) is 25.8 Å². The fourth-order valence-corrected chi connectivity index (χ4v) is 4.71. The quantitative estimate of drug-likeness (QED) is 0.602. The first-order valence-corrected chi connectivity index (χ1v) is 12.6. The first-order valence-electron chi connectivity index (χ1n) is 12.6. The van der Waals surface area contributed by atoms with Crippen molar-refractivity contribution in [3.05, 3.63) is 53.8 Å². The molecule has 36 heavy (non-hydrogen) atoms. The predicted octanol–water partition coefficient (Wildman–Crippen LogP) is 2.64. The van der Waals surface area contributed by atoms with Crippen LogP contribution in [0.3, 0.4) is 0 Å². The molecular weight excluding hydrogens is 461 g/mol. The topological polar surface area (TPSA) is 85.0 Å². The second kappa shape index (κ2) is 11.5. The molecule has 0 unspecified atom stereocenters. The fraction of sp³-hybridized carbons (Fsp3) is 0.444. The van der Waals surface area contributed by atoms with Gasteiger partial charge in [0.15, 0.2) is 0 Å². The van der Waals surface area contributed by atoms with Gasteiger partial charge >= 0.3 is 11.8 Å². The second-order valence-corrected chi connectivity index (χ2v) is 9.58. The second-order valence-electron chi connectivity index (χ2n) is 9.58. The first kappa shape index (κ1) is 25.6. The van der Waals surface area contributed by atoms with Crippen LogP contribution < -0.4 is 20.4 Å². The standard InChI is InChI=1S/C27H34FN5O3/c1-19(2)27(36)33-12-5-6-20-9-10-21(18-24(20)33)30-26(35)25(34)29-11-13-31-14-16-32(17-15-31)23-8-4-3-7-22(23)28/h3-4,7-10,18-19H,5-6,11-17H2,1-2H3,(H,29,34)(H,30,35). The molecule has 3 amide bonds. The van der Waals surface area contributed by atoms with Gasteiger partial charge in [0.25, 0.3) is 0 Å². The van der Waals surface area contributed by atoms with E-state index in [9.17, 15) is 18.8 Å². The summed E-state index contributed by atoms with van der Waals surface area (Å²) in [5, 5.41) is 5.33. The normalized spacial score (nSPS) is 16.0. The molecule has 2 aromatic carbocycles. The SMILES string of the molecule is CC(C)C(=O)N1CCCc2ccc(NC(=O)C(=O)NCCN3CCN(c4ccccc4F)CC3)cc21. The number of nitrogens with zero attached hydrogens (tertiary/aromatic N) is 3. The Kier molecular flexibility index (Phi) is 8.20. The van der Waals surface area contributed by atoms with E-state index in [0.29, 0.717) is 44.1 Å². The summed E-state index contributed by atoms with van der Waals surface area (Å²) in [5.74, 6) is -1.73. The molecule has 2 N–H and O–H groups in total. The summed E-state index contributed by atoms with van der Waals surface area (Å²) in [5.41, 5.74) is 2.96. The minimum absolute atomic E-state index is 0.0481. The van der Waals surface area contributed by atoms with E-state index in [1.807, 2.05) is 30.9 Å². The number of fused-ring (bicyclic) bond motifs is 1. The number of nitrogens with one attached hydrogen (secondary N) is 2. The Balaban J connectivity index is 1.24. The Morgan fingerprint density at radius 3 is 2.42 bits per heavy atom. The van der Waals surface area contributed by atoms with Gasteiger partial charge in [-0.2, -0.15) is 0 Å². The number of anilines is 3. The van der Waals surface area contributed by atoms with Crippen LogP contribution in [0.4, 0.5) is 21.5 Å². The van der Waals surface area contributed by atoms with E-state index in [2.05, 4.69) is 15.5 Å². The van der Waals surface area contributed by atoms with Crippen LogP contribution in [-0.2, 0) is 20.8 Å². The van der Waals surface area contributed by atoms with Crippen molar-refractivity contribution < 1.29 is 18.8 Å². The molecule has 0 radical (unpaired) electrons. The zero-order valence-corrected chi connectivity index (χ0v) is 20.9. The molecule has 8 nitrogen and oxygen atoms in total. The van der Waals surface area contributed by atoms with Gasteiger partial charge in [0.2, 0.25) is 5.91 Å². The number of para-hydroxylation sites is 1. The number of rotatable bonds is 6. The van der Waals surface area contributed by atoms with E-state index in [1.54, 1.807) is 29.2 Å². The minimum atomic E-state index is -0.739. The van der Waals surface area contributed by atoms with E-state index < -0.39 is 11.8 Å². The van der Waals surface area contributed by atoms with Gasteiger partial charge in [0.05, 0.1) is 5.69 Å². The van der Waals surface area contributed by atoms with Gasteiger partial charge in [-0.1, -0.05) is 32.0 Å². The highest BCUT2D eigenvalue weighted by molar-refractivity contribution is 6.39. The van der Waals surface area contributed by atoms with Crippen molar-refractivity contribution in [3.8, 4) is 0 Å². The van der Waals surface area contributed by atoms with Crippen molar-refractivity contribution in [1.82, 2.24) is 10.2 Å². The zero-order chi connectivity index (χ0) is 25.7. The molecule has 2 heterocycles. The Morgan fingerprint density at radius 2 is 1.69 bits per heavy atom. The van der Waals surface area contributed by atoms with Crippen molar-refractivity contribution in [2.45, 2.75) is 26.7 Å². The highest BCUT2D eigenvalue weighted by Gasteiger charge is 2.25. The summed E-state index contributed by atoms with van der Waals surface area (Å²) < 4.78 is 14.0. The smallest absolute Gasteiger partial charge is 0.313 e. The number of hydrogen-bond donors (Lipinski definition) is 2. The zero-order valence-electron chi connectivity index (χ0n) is 20.9. The molecule has 0 bridgehead atoms. The Morgan fingerprint density at radius 1 is 0.944 bits per heavy atom. The number of carbonyl (C=O) groups is 3. The molecule has 9 heteroatoms. The summed E-state index contributed by atoms with van der Waals surface area (Å²) in [6.07, 6.45) is 1.78. The van der Waals surface area contributed by atoms with Gasteiger partial charge in [-0.05, 0) is 42.7 Å². The molecule has 2 aliphatic rings. The predicted molar refractivity (Wildman–Crippen MR) is 139 cm³/mol. The molecule has 4 rings (SSSR count). The van der Waals surface area contributed by atoms with Crippen LogP contribution in [-0.4, -0.2) is 68.4 Å². The monoisotopic (exact) mass is 495 g/mol. The maximum absolute atomic E-state index is 14.0. The summed E-state index contributed by atoms with van der Waals surface area (Å²) in [7, 11) is 0. The van der Waals surface area contributed by atoms with E-state index in [1.165, 1.54) is 6.07 Å². The summed E-state index contributed by atoms with van der Waals surface area (Å²) in [6, 6.07) is 12.2. The lowest BCUT2D eigenvalue weighted by Crippen LogP contribution is -2.49. The number of amides is 3. The molecular formula is C27H34FN5O3. The molecule has 0 aliphatic carbocycles. The van der Waals surface area contributed by atoms with E-state index in [-0.39, 0.29) is 17.6 Å². The van der Waals surface area contributed by atoms with Crippen LogP contribution in [0.2, 0.25) is 0 Å². The van der Waals surface area contributed by atoms with Gasteiger partial charge in [-0.15, -0.1) is 0 Å². The number of aryl methyl sites for hydroxylation is 1. The number of carbonyl (C=O) groups excluding carboxylic acids is 3. The number of hydrogen-bond acceptors (Lipinski definition) is 5. The number of piperazine rings is 1. The highest BCUT2D eigenvalue weighted by atomic mass is 19.1. The summed E-state index contributed by atoms with van der Waals surface area (Å²) in [4.78, 5) is 43.4. The van der Waals surface area contributed by atoms with Gasteiger partial charge in [-0.3, -0.25) is 19.3 Å². The molecule has 1 fully saturated rings. The summed E-state index contributed by atoms with van der Waals surface area (Å²) in [6.45, 7) is 8.23. The molecule has 0 saturated carbocycles. The summed E-state index contributed by atoms with van der Waals surface area (Å²) >= 11 is 0.